The fraction of sp³-hybridized carbons (Fsp3) is 0.933. The molecule has 4 heteroatoms. The number of hydrogen-bond donors (Lipinski definition) is 1. The van der Waals surface area contributed by atoms with Crippen LogP contribution in [0.4, 0.5) is 0 Å². The van der Waals surface area contributed by atoms with E-state index in [4.69, 9.17) is 0 Å². The summed E-state index contributed by atoms with van der Waals surface area (Å²) in [5, 5.41) is 9.54. The Morgan fingerprint density at radius 1 is 1.21 bits per heavy atom. The Hall–Kier alpha value is -0.610. The maximum absolute atomic E-state index is 11.6. The summed E-state index contributed by atoms with van der Waals surface area (Å²) >= 11 is 0. The predicted molar refractivity (Wildman–Crippen MR) is 76.2 cm³/mol. The number of hydrogen-bond acceptors (Lipinski definition) is 3. The zero-order valence-electron chi connectivity index (χ0n) is 12.3. The fourth-order valence-electron chi connectivity index (χ4n) is 3.46. The van der Waals surface area contributed by atoms with Crippen LogP contribution in [0.3, 0.4) is 0 Å². The van der Waals surface area contributed by atoms with Gasteiger partial charge in [-0.05, 0) is 58.7 Å². The van der Waals surface area contributed by atoms with Crippen LogP contribution in [0.25, 0.3) is 0 Å². The van der Waals surface area contributed by atoms with Crippen LogP contribution in [0.15, 0.2) is 0 Å². The summed E-state index contributed by atoms with van der Waals surface area (Å²) in [4.78, 5) is 16.4. The van der Waals surface area contributed by atoms with Crippen LogP contribution in [0.5, 0.6) is 0 Å². The zero-order valence-corrected chi connectivity index (χ0v) is 12.3. The first kappa shape index (κ1) is 14.8. The number of carbonyl (C=O) groups is 1. The number of piperidine rings is 1. The lowest BCUT2D eigenvalue weighted by molar-refractivity contribution is -0.144. The molecule has 4 nitrogen and oxygen atoms in total. The van der Waals surface area contributed by atoms with E-state index in [-0.39, 0.29) is 5.92 Å². The molecular formula is C15H28N2O2. The van der Waals surface area contributed by atoms with Crippen molar-refractivity contribution in [1.29, 1.82) is 0 Å². The van der Waals surface area contributed by atoms with Gasteiger partial charge in [-0.3, -0.25) is 4.79 Å². The third kappa shape index (κ3) is 3.93. The lowest BCUT2D eigenvalue weighted by Gasteiger charge is -2.31. The Morgan fingerprint density at radius 3 is 2.42 bits per heavy atom. The molecule has 0 bridgehead atoms. The van der Waals surface area contributed by atoms with E-state index in [0.29, 0.717) is 12.0 Å². The number of nitrogens with zero attached hydrogens (tertiary/aromatic N) is 2. The molecule has 0 amide bonds. The highest BCUT2D eigenvalue weighted by molar-refractivity contribution is 5.70. The van der Waals surface area contributed by atoms with Gasteiger partial charge in [0.05, 0.1) is 5.92 Å². The maximum atomic E-state index is 11.6. The van der Waals surface area contributed by atoms with Gasteiger partial charge in [-0.1, -0.05) is 6.42 Å². The van der Waals surface area contributed by atoms with Gasteiger partial charge in [0.15, 0.2) is 0 Å². The van der Waals surface area contributed by atoms with Crippen LogP contribution in [0.1, 0.15) is 39.5 Å². The van der Waals surface area contributed by atoms with E-state index in [9.17, 15) is 9.90 Å². The van der Waals surface area contributed by atoms with Crippen molar-refractivity contribution in [3.63, 3.8) is 0 Å². The van der Waals surface area contributed by atoms with Crippen LogP contribution in [-0.4, -0.2) is 59.6 Å². The molecule has 0 aromatic rings. The molecule has 2 heterocycles. The van der Waals surface area contributed by atoms with E-state index in [0.717, 1.165) is 39.1 Å². The minimum atomic E-state index is -0.596. The molecule has 0 saturated carbocycles. The average Bonchev–Trinajstić information content (AvgIpc) is 2.86. The minimum absolute atomic E-state index is 0.179. The van der Waals surface area contributed by atoms with Gasteiger partial charge in [0.25, 0.3) is 0 Å². The first-order valence-corrected chi connectivity index (χ1v) is 7.77. The van der Waals surface area contributed by atoms with E-state index in [1.165, 1.54) is 19.3 Å². The van der Waals surface area contributed by atoms with Crippen LogP contribution in [-0.2, 0) is 4.79 Å². The first-order chi connectivity index (χ1) is 9.08. The molecule has 0 spiro atoms. The van der Waals surface area contributed by atoms with E-state index in [1.807, 2.05) is 0 Å². The van der Waals surface area contributed by atoms with Gasteiger partial charge in [0.2, 0.25) is 0 Å². The SMILES string of the molecule is CC(C)N1CCC(C(CN2CCCCC2)C(=O)O)C1. The van der Waals surface area contributed by atoms with E-state index in [1.54, 1.807) is 0 Å². The summed E-state index contributed by atoms with van der Waals surface area (Å²) < 4.78 is 0. The third-order valence-electron chi connectivity index (χ3n) is 4.78. The molecule has 2 unspecified atom stereocenters. The Kier molecular flexibility index (Phi) is 5.22. The van der Waals surface area contributed by atoms with Gasteiger partial charge in [-0.25, -0.2) is 0 Å². The summed E-state index contributed by atoms with van der Waals surface area (Å²) in [5.41, 5.74) is 0. The number of carboxylic acid groups (broad SMARTS) is 1. The fourth-order valence-corrected chi connectivity index (χ4v) is 3.46. The Balaban J connectivity index is 1.90. The highest BCUT2D eigenvalue weighted by Gasteiger charge is 2.35. The third-order valence-corrected chi connectivity index (χ3v) is 4.78. The summed E-state index contributed by atoms with van der Waals surface area (Å²) in [6, 6.07) is 0.537. The Labute approximate surface area is 116 Å². The van der Waals surface area contributed by atoms with Crippen molar-refractivity contribution < 1.29 is 9.90 Å². The van der Waals surface area contributed by atoms with Gasteiger partial charge in [-0.15, -0.1) is 0 Å². The van der Waals surface area contributed by atoms with Crippen LogP contribution in [0, 0.1) is 11.8 Å². The minimum Gasteiger partial charge on any atom is -0.481 e. The summed E-state index contributed by atoms with van der Waals surface area (Å²) in [6.07, 6.45) is 4.81. The van der Waals surface area contributed by atoms with Crippen molar-refractivity contribution in [3.8, 4) is 0 Å². The normalized spacial score (nSPS) is 27.8. The number of carboxylic acids is 1. The highest BCUT2D eigenvalue weighted by Crippen LogP contribution is 2.27. The van der Waals surface area contributed by atoms with Crippen molar-refractivity contribution in [3.05, 3.63) is 0 Å². The molecule has 2 aliphatic rings. The van der Waals surface area contributed by atoms with Gasteiger partial charge in [0.1, 0.15) is 0 Å². The molecule has 2 saturated heterocycles. The zero-order chi connectivity index (χ0) is 13.8. The summed E-state index contributed by atoms with van der Waals surface area (Å²) in [5.74, 6) is -0.440. The first-order valence-electron chi connectivity index (χ1n) is 7.77. The van der Waals surface area contributed by atoms with Gasteiger partial charge in [0, 0.05) is 19.1 Å². The Bertz CT molecular complexity index is 301. The quantitative estimate of drug-likeness (QED) is 0.827. The molecule has 2 rings (SSSR count). The monoisotopic (exact) mass is 268 g/mol. The number of aliphatic carboxylic acids is 1. The molecule has 1 N–H and O–H groups in total. The topological polar surface area (TPSA) is 43.8 Å². The highest BCUT2D eigenvalue weighted by atomic mass is 16.4. The number of likely N-dealkylation sites (tertiary alicyclic amines) is 2. The second-order valence-electron chi connectivity index (χ2n) is 6.44. The van der Waals surface area contributed by atoms with Gasteiger partial charge in [-0.2, -0.15) is 0 Å². The average molecular weight is 268 g/mol. The molecule has 2 fully saturated rings. The standard InChI is InChI=1S/C15H28N2O2/c1-12(2)17-9-6-13(10-17)14(15(18)19)11-16-7-4-3-5-8-16/h12-14H,3-11H2,1-2H3,(H,18,19). The lowest BCUT2D eigenvalue weighted by atomic mass is 9.90. The molecule has 0 aliphatic carbocycles. The molecule has 110 valence electrons. The van der Waals surface area contributed by atoms with Crippen molar-refractivity contribution in [2.45, 2.75) is 45.6 Å². The largest absolute Gasteiger partial charge is 0.481 e. The van der Waals surface area contributed by atoms with E-state index < -0.39 is 5.97 Å². The van der Waals surface area contributed by atoms with Gasteiger partial charge < -0.3 is 14.9 Å². The van der Waals surface area contributed by atoms with Crippen molar-refractivity contribution >= 4 is 5.97 Å². The predicted octanol–water partition coefficient (Wildman–Crippen LogP) is 1.90. The van der Waals surface area contributed by atoms with Crippen LogP contribution in [0.2, 0.25) is 0 Å². The van der Waals surface area contributed by atoms with Gasteiger partial charge >= 0.3 is 5.97 Å². The number of rotatable bonds is 5. The van der Waals surface area contributed by atoms with Crippen LogP contribution < -0.4 is 0 Å². The Morgan fingerprint density at radius 2 is 1.89 bits per heavy atom. The smallest absolute Gasteiger partial charge is 0.308 e. The molecule has 0 aromatic carbocycles. The molecule has 0 aromatic heterocycles. The summed E-state index contributed by atoms with van der Waals surface area (Å²) in [6.45, 7) is 9.35. The van der Waals surface area contributed by atoms with Crippen molar-refractivity contribution in [1.82, 2.24) is 9.80 Å². The molecule has 2 atom stereocenters. The molecule has 0 radical (unpaired) electrons. The van der Waals surface area contributed by atoms with Crippen molar-refractivity contribution in [2.24, 2.45) is 11.8 Å². The molecule has 19 heavy (non-hydrogen) atoms. The molecule has 2 aliphatic heterocycles. The van der Waals surface area contributed by atoms with E-state index >= 15 is 0 Å². The van der Waals surface area contributed by atoms with Crippen LogP contribution >= 0.6 is 0 Å². The van der Waals surface area contributed by atoms with E-state index in [2.05, 4.69) is 23.6 Å². The second kappa shape index (κ2) is 6.71. The molecular weight excluding hydrogens is 240 g/mol. The van der Waals surface area contributed by atoms with Crippen molar-refractivity contribution in [2.75, 3.05) is 32.7 Å². The summed E-state index contributed by atoms with van der Waals surface area (Å²) in [7, 11) is 0. The maximum Gasteiger partial charge on any atom is 0.308 e. The lowest BCUT2D eigenvalue weighted by Crippen LogP contribution is -2.41. The second-order valence-corrected chi connectivity index (χ2v) is 6.44.